The zero-order valence-corrected chi connectivity index (χ0v) is 12.4. The summed E-state index contributed by atoms with van der Waals surface area (Å²) < 4.78 is 0. The molecule has 1 aliphatic carbocycles. The number of hydrogen-bond acceptors (Lipinski definition) is 1. The van der Waals surface area contributed by atoms with E-state index in [1.54, 1.807) is 6.92 Å². The van der Waals surface area contributed by atoms with Crippen molar-refractivity contribution in [2.45, 2.75) is 58.3 Å². The Balaban J connectivity index is 2.31. The van der Waals surface area contributed by atoms with Crippen LogP contribution in [-0.2, 0) is 16.6 Å². The molecular formula is C17H24O2. The molecule has 1 saturated carbocycles. The van der Waals surface area contributed by atoms with Crippen LogP contribution >= 0.6 is 0 Å². The molecule has 0 aliphatic heterocycles. The zero-order chi connectivity index (χ0) is 14.2. The Morgan fingerprint density at radius 3 is 2.42 bits per heavy atom. The highest BCUT2D eigenvalue weighted by Gasteiger charge is 2.26. The predicted octanol–water partition coefficient (Wildman–Crippen LogP) is 4.12. The van der Waals surface area contributed by atoms with Crippen molar-refractivity contribution < 1.29 is 9.90 Å². The van der Waals surface area contributed by atoms with Gasteiger partial charge in [0.2, 0.25) is 0 Å². The highest BCUT2D eigenvalue weighted by Crippen LogP contribution is 2.42. The summed E-state index contributed by atoms with van der Waals surface area (Å²) in [5.41, 5.74) is 4.01. The summed E-state index contributed by atoms with van der Waals surface area (Å²) >= 11 is 0. The zero-order valence-electron chi connectivity index (χ0n) is 12.4. The first kappa shape index (κ1) is 14.1. The molecule has 19 heavy (non-hydrogen) atoms. The fourth-order valence-corrected chi connectivity index (χ4v) is 2.36. The average Bonchev–Trinajstić information content (AvgIpc) is 3.10. The number of carboxylic acid groups (broad SMARTS) is 1. The van der Waals surface area contributed by atoms with Gasteiger partial charge in [-0.05, 0) is 47.3 Å². The van der Waals surface area contributed by atoms with Crippen molar-refractivity contribution in [3.63, 3.8) is 0 Å². The highest BCUT2D eigenvalue weighted by atomic mass is 16.4. The maximum Gasteiger partial charge on any atom is 0.306 e. The van der Waals surface area contributed by atoms with Gasteiger partial charge in [0.1, 0.15) is 0 Å². The van der Waals surface area contributed by atoms with E-state index in [4.69, 9.17) is 5.11 Å². The summed E-state index contributed by atoms with van der Waals surface area (Å²) in [5, 5.41) is 9.06. The highest BCUT2D eigenvalue weighted by molar-refractivity contribution is 5.69. The van der Waals surface area contributed by atoms with Crippen LogP contribution in [0.5, 0.6) is 0 Å². The third kappa shape index (κ3) is 3.59. The molecule has 1 aromatic rings. The molecule has 0 radical (unpaired) electrons. The number of carbonyl (C=O) groups is 1. The topological polar surface area (TPSA) is 37.3 Å². The minimum atomic E-state index is -0.714. The van der Waals surface area contributed by atoms with E-state index in [0.29, 0.717) is 12.3 Å². The number of aliphatic carboxylic acids is 1. The normalized spacial score (nSPS) is 17.3. The maximum atomic E-state index is 11.0. The van der Waals surface area contributed by atoms with E-state index in [1.165, 1.54) is 29.5 Å². The van der Waals surface area contributed by atoms with Crippen molar-refractivity contribution in [1.29, 1.82) is 0 Å². The molecule has 0 saturated heterocycles. The lowest BCUT2D eigenvalue weighted by molar-refractivity contribution is -0.141. The molecule has 0 aromatic heterocycles. The molecule has 0 amide bonds. The van der Waals surface area contributed by atoms with Gasteiger partial charge in [-0.25, -0.2) is 0 Å². The molecule has 0 heterocycles. The standard InChI is InChI=1S/C17H24O2/c1-11(16(18)19)7-12-8-14(13-5-6-13)10-15(9-12)17(2,3)4/h8-11,13H,5-7H2,1-4H3,(H,18,19). The number of rotatable bonds is 4. The fourth-order valence-electron chi connectivity index (χ4n) is 2.36. The van der Waals surface area contributed by atoms with Gasteiger partial charge in [-0.15, -0.1) is 0 Å². The van der Waals surface area contributed by atoms with Gasteiger partial charge in [-0.3, -0.25) is 4.79 Å². The summed E-state index contributed by atoms with van der Waals surface area (Å²) in [6, 6.07) is 6.71. The van der Waals surface area contributed by atoms with Gasteiger partial charge >= 0.3 is 5.97 Å². The molecule has 0 spiro atoms. The van der Waals surface area contributed by atoms with Crippen LogP contribution in [0, 0.1) is 5.92 Å². The Labute approximate surface area is 115 Å². The molecule has 0 bridgehead atoms. The number of hydrogen-bond donors (Lipinski definition) is 1. The summed E-state index contributed by atoms with van der Waals surface area (Å²) in [6.45, 7) is 8.42. The van der Waals surface area contributed by atoms with Crippen molar-refractivity contribution >= 4 is 5.97 Å². The quantitative estimate of drug-likeness (QED) is 0.884. The lowest BCUT2D eigenvalue weighted by Crippen LogP contribution is -2.15. The van der Waals surface area contributed by atoms with Gasteiger partial charge in [0.25, 0.3) is 0 Å². The van der Waals surface area contributed by atoms with Crippen LogP contribution in [0.2, 0.25) is 0 Å². The lowest BCUT2D eigenvalue weighted by Gasteiger charge is -2.22. The maximum absolute atomic E-state index is 11.0. The first-order chi connectivity index (χ1) is 8.77. The van der Waals surface area contributed by atoms with E-state index >= 15 is 0 Å². The van der Waals surface area contributed by atoms with Crippen molar-refractivity contribution in [2.24, 2.45) is 5.92 Å². The van der Waals surface area contributed by atoms with Gasteiger partial charge in [0.05, 0.1) is 5.92 Å². The molecule has 2 nitrogen and oxygen atoms in total. The predicted molar refractivity (Wildman–Crippen MR) is 77.6 cm³/mol. The second-order valence-electron chi connectivity index (χ2n) is 6.93. The minimum Gasteiger partial charge on any atom is -0.481 e. The van der Waals surface area contributed by atoms with E-state index < -0.39 is 5.97 Å². The van der Waals surface area contributed by atoms with Crippen LogP contribution in [0.1, 0.15) is 63.1 Å². The Kier molecular flexibility index (Phi) is 3.71. The van der Waals surface area contributed by atoms with Crippen LogP contribution in [0.15, 0.2) is 18.2 Å². The summed E-state index contributed by atoms with van der Waals surface area (Å²) in [5.74, 6) is -0.322. The summed E-state index contributed by atoms with van der Waals surface area (Å²) in [6.07, 6.45) is 3.18. The van der Waals surface area contributed by atoms with Gasteiger partial charge in [0.15, 0.2) is 0 Å². The molecule has 1 unspecified atom stereocenters. The summed E-state index contributed by atoms with van der Waals surface area (Å²) in [7, 11) is 0. The Morgan fingerprint density at radius 1 is 1.32 bits per heavy atom. The lowest BCUT2D eigenvalue weighted by atomic mass is 9.83. The van der Waals surface area contributed by atoms with Crippen LogP contribution in [0.4, 0.5) is 0 Å². The SMILES string of the molecule is CC(Cc1cc(C2CC2)cc(C(C)(C)C)c1)C(=O)O. The first-order valence-electron chi connectivity index (χ1n) is 7.14. The van der Waals surface area contributed by atoms with Crippen LogP contribution in [-0.4, -0.2) is 11.1 Å². The second kappa shape index (κ2) is 4.99. The summed E-state index contributed by atoms with van der Waals surface area (Å²) in [4.78, 5) is 11.0. The van der Waals surface area contributed by atoms with E-state index in [2.05, 4.69) is 39.0 Å². The largest absolute Gasteiger partial charge is 0.481 e. The first-order valence-corrected chi connectivity index (χ1v) is 7.14. The Hall–Kier alpha value is -1.31. The number of carboxylic acids is 1. The van der Waals surface area contributed by atoms with Gasteiger partial charge in [-0.2, -0.15) is 0 Å². The van der Waals surface area contributed by atoms with Gasteiger partial charge in [-0.1, -0.05) is 45.9 Å². The second-order valence-corrected chi connectivity index (χ2v) is 6.93. The van der Waals surface area contributed by atoms with Gasteiger partial charge in [0, 0.05) is 0 Å². The van der Waals surface area contributed by atoms with Crippen molar-refractivity contribution in [3.8, 4) is 0 Å². The van der Waals surface area contributed by atoms with E-state index in [1.807, 2.05) is 0 Å². The minimum absolute atomic E-state index is 0.117. The Bertz CT molecular complexity index is 479. The van der Waals surface area contributed by atoms with Crippen LogP contribution in [0.25, 0.3) is 0 Å². The molecular weight excluding hydrogens is 236 g/mol. The monoisotopic (exact) mass is 260 g/mol. The molecule has 1 atom stereocenters. The Morgan fingerprint density at radius 2 is 1.95 bits per heavy atom. The average molecular weight is 260 g/mol. The third-order valence-corrected chi connectivity index (χ3v) is 3.89. The molecule has 2 rings (SSSR count). The molecule has 2 heteroatoms. The molecule has 1 fully saturated rings. The molecule has 1 N–H and O–H groups in total. The molecule has 1 aromatic carbocycles. The van der Waals surface area contributed by atoms with E-state index in [9.17, 15) is 4.79 Å². The molecule has 1 aliphatic rings. The van der Waals surface area contributed by atoms with Crippen molar-refractivity contribution in [2.75, 3.05) is 0 Å². The third-order valence-electron chi connectivity index (χ3n) is 3.89. The van der Waals surface area contributed by atoms with Gasteiger partial charge < -0.3 is 5.11 Å². The van der Waals surface area contributed by atoms with Crippen LogP contribution in [0.3, 0.4) is 0 Å². The smallest absolute Gasteiger partial charge is 0.306 e. The van der Waals surface area contributed by atoms with Crippen molar-refractivity contribution in [1.82, 2.24) is 0 Å². The van der Waals surface area contributed by atoms with E-state index in [0.717, 1.165) is 0 Å². The number of benzene rings is 1. The van der Waals surface area contributed by atoms with Crippen molar-refractivity contribution in [3.05, 3.63) is 34.9 Å². The van der Waals surface area contributed by atoms with E-state index in [-0.39, 0.29) is 11.3 Å². The fraction of sp³-hybridized carbons (Fsp3) is 0.588. The molecule has 104 valence electrons. The van der Waals surface area contributed by atoms with Crippen LogP contribution < -0.4 is 0 Å².